The lowest BCUT2D eigenvalue weighted by molar-refractivity contribution is -0.137. The zero-order chi connectivity index (χ0) is 20.1. The van der Waals surface area contributed by atoms with E-state index >= 15 is 0 Å². The molecular formula is C19H21F3N2O4. The highest BCUT2D eigenvalue weighted by Gasteiger charge is 2.30. The van der Waals surface area contributed by atoms with Crippen LogP contribution in [-0.2, 0) is 17.5 Å². The molecule has 0 saturated carbocycles. The molecule has 6 nitrogen and oxygen atoms in total. The number of alkyl halides is 3. The number of amides is 1. The Hall–Kier alpha value is -2.55. The molecule has 0 spiro atoms. The third-order valence-corrected chi connectivity index (χ3v) is 4.53. The summed E-state index contributed by atoms with van der Waals surface area (Å²) in [5.74, 6) is 0.358. The summed E-state index contributed by atoms with van der Waals surface area (Å²) >= 11 is 0. The molecule has 9 heteroatoms. The van der Waals surface area contributed by atoms with E-state index in [0.29, 0.717) is 25.6 Å². The van der Waals surface area contributed by atoms with Crippen LogP contribution >= 0.6 is 0 Å². The van der Waals surface area contributed by atoms with E-state index < -0.39 is 11.7 Å². The average molecular weight is 398 g/mol. The molecule has 2 heterocycles. The summed E-state index contributed by atoms with van der Waals surface area (Å²) in [7, 11) is 1.63. The van der Waals surface area contributed by atoms with Crippen molar-refractivity contribution in [3.63, 3.8) is 0 Å². The molecule has 0 N–H and O–H groups in total. The number of hydrogen-bond acceptors (Lipinski definition) is 5. The van der Waals surface area contributed by atoms with Gasteiger partial charge in [-0.25, -0.2) is 0 Å². The van der Waals surface area contributed by atoms with Gasteiger partial charge in [0, 0.05) is 26.3 Å². The molecule has 0 radical (unpaired) electrons. The Morgan fingerprint density at radius 3 is 2.93 bits per heavy atom. The highest BCUT2D eigenvalue weighted by Crippen LogP contribution is 2.31. The minimum atomic E-state index is -4.44. The van der Waals surface area contributed by atoms with E-state index in [9.17, 15) is 18.0 Å². The Morgan fingerprint density at radius 2 is 2.18 bits per heavy atom. The average Bonchev–Trinajstić information content (AvgIpc) is 3.15. The lowest BCUT2D eigenvalue weighted by Crippen LogP contribution is -2.41. The lowest BCUT2D eigenvalue weighted by Gasteiger charge is -2.31. The largest absolute Gasteiger partial charge is 0.486 e. The molecule has 1 aliphatic heterocycles. The van der Waals surface area contributed by atoms with Crippen molar-refractivity contribution in [2.75, 3.05) is 26.8 Å². The molecule has 1 aliphatic rings. The van der Waals surface area contributed by atoms with Crippen LogP contribution in [0.25, 0.3) is 0 Å². The number of carbonyl (C=O) groups is 1. The van der Waals surface area contributed by atoms with E-state index in [1.54, 1.807) is 12.0 Å². The molecule has 1 fully saturated rings. The summed E-state index contributed by atoms with van der Waals surface area (Å²) in [5.41, 5.74) is -0.644. The van der Waals surface area contributed by atoms with Crippen molar-refractivity contribution in [3.8, 4) is 5.75 Å². The van der Waals surface area contributed by atoms with Gasteiger partial charge >= 0.3 is 6.18 Å². The van der Waals surface area contributed by atoms with Crippen molar-refractivity contribution >= 4 is 5.91 Å². The molecule has 1 amide bonds. The Morgan fingerprint density at radius 1 is 1.36 bits per heavy atom. The number of nitrogens with zero attached hydrogens (tertiary/aromatic N) is 2. The maximum absolute atomic E-state index is 12.7. The third-order valence-electron chi connectivity index (χ3n) is 4.53. The molecule has 1 aromatic heterocycles. The van der Waals surface area contributed by atoms with Gasteiger partial charge in [-0.3, -0.25) is 4.79 Å². The molecule has 1 unspecified atom stereocenters. The summed E-state index contributed by atoms with van der Waals surface area (Å²) in [6.45, 7) is 1.70. The number of carbonyl (C=O) groups excluding carboxylic acids is 1. The maximum atomic E-state index is 12.7. The molecular weight excluding hydrogens is 377 g/mol. The van der Waals surface area contributed by atoms with Crippen LogP contribution < -0.4 is 4.74 Å². The molecule has 2 aromatic rings. The van der Waals surface area contributed by atoms with Crippen molar-refractivity contribution in [2.45, 2.75) is 25.6 Å². The van der Waals surface area contributed by atoms with E-state index in [1.807, 2.05) is 0 Å². The number of piperidine rings is 1. The first kappa shape index (κ1) is 20.2. The molecule has 28 heavy (non-hydrogen) atoms. The van der Waals surface area contributed by atoms with Gasteiger partial charge in [0.25, 0.3) is 5.91 Å². The topological polar surface area (TPSA) is 64.8 Å². The van der Waals surface area contributed by atoms with E-state index in [2.05, 4.69) is 5.16 Å². The van der Waals surface area contributed by atoms with Crippen molar-refractivity contribution < 1.29 is 32.0 Å². The number of aromatic nitrogens is 1. The Balaban J connectivity index is 1.59. The van der Waals surface area contributed by atoms with Crippen LogP contribution in [0.15, 0.2) is 34.9 Å². The molecule has 3 rings (SSSR count). The van der Waals surface area contributed by atoms with Crippen molar-refractivity contribution in [1.82, 2.24) is 10.1 Å². The van der Waals surface area contributed by atoms with Gasteiger partial charge in [-0.05, 0) is 37.0 Å². The van der Waals surface area contributed by atoms with Crippen LogP contribution in [0.1, 0.15) is 34.7 Å². The van der Waals surface area contributed by atoms with Gasteiger partial charge in [0.05, 0.1) is 12.2 Å². The zero-order valence-electron chi connectivity index (χ0n) is 15.4. The molecule has 152 valence electrons. The van der Waals surface area contributed by atoms with Crippen LogP contribution in [0.5, 0.6) is 5.75 Å². The highest BCUT2D eigenvalue weighted by molar-refractivity contribution is 5.92. The normalized spacial score (nSPS) is 17.6. The van der Waals surface area contributed by atoms with Crippen LogP contribution in [0.2, 0.25) is 0 Å². The third kappa shape index (κ3) is 5.03. The maximum Gasteiger partial charge on any atom is 0.416 e. The molecule has 1 aromatic carbocycles. The quantitative estimate of drug-likeness (QED) is 0.741. The Bertz CT molecular complexity index is 804. The van der Waals surface area contributed by atoms with Crippen LogP contribution in [0.4, 0.5) is 13.2 Å². The Labute approximate surface area is 160 Å². The molecule has 1 atom stereocenters. The minimum absolute atomic E-state index is 0.0533. The number of halogens is 3. The fourth-order valence-electron chi connectivity index (χ4n) is 3.18. The number of methoxy groups -OCH3 is 1. The van der Waals surface area contributed by atoms with Gasteiger partial charge in [-0.2, -0.15) is 13.2 Å². The molecule has 1 saturated heterocycles. The number of rotatable bonds is 6. The molecule has 0 aliphatic carbocycles. The first-order chi connectivity index (χ1) is 13.4. The first-order valence-corrected chi connectivity index (χ1v) is 8.90. The summed E-state index contributed by atoms with van der Waals surface area (Å²) in [5, 5.41) is 3.77. The molecule has 0 bridgehead atoms. The zero-order valence-corrected chi connectivity index (χ0v) is 15.4. The van der Waals surface area contributed by atoms with E-state index in [-0.39, 0.29) is 29.7 Å². The second-order valence-electron chi connectivity index (χ2n) is 6.71. The van der Waals surface area contributed by atoms with Gasteiger partial charge in [0.1, 0.15) is 12.4 Å². The second kappa shape index (κ2) is 8.64. The standard InChI is InChI=1S/C19H21F3N2O4/c1-26-11-13-4-3-7-24(10-13)18(25)17-9-16(28-23-17)12-27-15-6-2-5-14(8-15)19(20,21)22/h2,5-6,8-9,13H,3-4,7,10-12H2,1H3. The number of benzene rings is 1. The van der Waals surface area contributed by atoms with Crippen LogP contribution in [0.3, 0.4) is 0 Å². The number of ether oxygens (including phenoxy) is 2. The van der Waals surface area contributed by atoms with Crippen LogP contribution in [-0.4, -0.2) is 42.8 Å². The van der Waals surface area contributed by atoms with Gasteiger partial charge in [-0.15, -0.1) is 0 Å². The summed E-state index contributed by atoms with van der Waals surface area (Å²) in [4.78, 5) is 14.3. The van der Waals surface area contributed by atoms with Gasteiger partial charge in [-0.1, -0.05) is 11.2 Å². The predicted molar refractivity (Wildman–Crippen MR) is 92.8 cm³/mol. The van der Waals surface area contributed by atoms with Gasteiger partial charge < -0.3 is 18.9 Å². The minimum Gasteiger partial charge on any atom is -0.486 e. The number of likely N-dealkylation sites (tertiary alicyclic amines) is 1. The summed E-state index contributed by atoms with van der Waals surface area (Å²) in [6, 6.07) is 6.01. The lowest BCUT2D eigenvalue weighted by atomic mass is 9.99. The van der Waals surface area contributed by atoms with E-state index in [4.69, 9.17) is 14.0 Å². The fourth-order valence-corrected chi connectivity index (χ4v) is 3.18. The fraction of sp³-hybridized carbons (Fsp3) is 0.474. The van der Waals surface area contributed by atoms with Gasteiger partial charge in [0.2, 0.25) is 0 Å². The van der Waals surface area contributed by atoms with Crippen molar-refractivity contribution in [2.24, 2.45) is 5.92 Å². The SMILES string of the molecule is COCC1CCCN(C(=O)c2cc(COc3cccc(C(F)(F)F)c3)on2)C1. The number of hydrogen-bond donors (Lipinski definition) is 0. The van der Waals surface area contributed by atoms with E-state index in [1.165, 1.54) is 18.2 Å². The monoisotopic (exact) mass is 398 g/mol. The smallest absolute Gasteiger partial charge is 0.416 e. The highest BCUT2D eigenvalue weighted by atomic mass is 19.4. The van der Waals surface area contributed by atoms with Crippen LogP contribution in [0, 0.1) is 5.92 Å². The van der Waals surface area contributed by atoms with E-state index in [0.717, 1.165) is 25.0 Å². The summed E-state index contributed by atoms with van der Waals surface area (Å²) < 4.78 is 53.8. The predicted octanol–water partition coefficient (Wildman–Crippen LogP) is 3.77. The van der Waals surface area contributed by atoms with Gasteiger partial charge in [0.15, 0.2) is 11.5 Å². The Kier molecular flexibility index (Phi) is 6.23. The second-order valence-corrected chi connectivity index (χ2v) is 6.71. The summed E-state index contributed by atoms with van der Waals surface area (Å²) in [6.07, 6.45) is -2.55. The first-order valence-electron chi connectivity index (χ1n) is 8.90. The van der Waals surface area contributed by atoms with Crippen molar-refractivity contribution in [1.29, 1.82) is 0 Å². The van der Waals surface area contributed by atoms with Crippen molar-refractivity contribution in [3.05, 3.63) is 47.3 Å².